The molecule has 1 aliphatic heterocycles. The van der Waals surface area contributed by atoms with Gasteiger partial charge in [-0.15, -0.1) is 0 Å². The van der Waals surface area contributed by atoms with Crippen molar-refractivity contribution in [2.75, 3.05) is 18.4 Å². The zero-order valence-electron chi connectivity index (χ0n) is 16.2. The first kappa shape index (κ1) is 18.3. The van der Waals surface area contributed by atoms with Gasteiger partial charge in [-0.3, -0.25) is 4.79 Å². The molecule has 5 heteroatoms. The lowest BCUT2D eigenvalue weighted by Gasteiger charge is -2.34. The van der Waals surface area contributed by atoms with Crippen LogP contribution >= 0.6 is 0 Å². The number of para-hydroxylation sites is 1. The zero-order valence-corrected chi connectivity index (χ0v) is 16.2. The van der Waals surface area contributed by atoms with Crippen molar-refractivity contribution in [2.24, 2.45) is 23.7 Å². The fraction of sp³-hybridized carbons (Fsp3) is 0.636. The van der Waals surface area contributed by atoms with Gasteiger partial charge in [0.2, 0.25) is 5.91 Å². The predicted octanol–water partition coefficient (Wildman–Crippen LogP) is 3.87. The third-order valence-electron chi connectivity index (χ3n) is 6.91. The van der Waals surface area contributed by atoms with Crippen LogP contribution in [0.5, 0.6) is 0 Å². The zero-order chi connectivity index (χ0) is 18.8. The summed E-state index contributed by atoms with van der Waals surface area (Å²) in [6, 6.07) is 9.62. The topological polar surface area (TPSA) is 61.4 Å². The first-order valence-electron chi connectivity index (χ1n) is 10.5. The SMILES string of the molecule is CC(NC(=O)C1CCCN(C(=O)Nc2ccccc2)C1)C1CC2CCC1C2. The average molecular weight is 370 g/mol. The highest BCUT2D eigenvalue weighted by Crippen LogP contribution is 2.49. The number of carbonyl (C=O) groups excluding carboxylic acids is 2. The highest BCUT2D eigenvalue weighted by molar-refractivity contribution is 5.90. The molecular weight excluding hydrogens is 338 g/mol. The average Bonchev–Trinajstić information content (AvgIpc) is 3.32. The van der Waals surface area contributed by atoms with E-state index in [1.165, 1.54) is 25.7 Å². The van der Waals surface area contributed by atoms with Gasteiger partial charge in [0.1, 0.15) is 0 Å². The van der Waals surface area contributed by atoms with Gasteiger partial charge in [-0.25, -0.2) is 4.79 Å². The van der Waals surface area contributed by atoms with E-state index < -0.39 is 0 Å². The molecule has 2 aliphatic carbocycles. The molecule has 1 aromatic rings. The van der Waals surface area contributed by atoms with Gasteiger partial charge in [0.25, 0.3) is 0 Å². The van der Waals surface area contributed by atoms with Gasteiger partial charge >= 0.3 is 6.03 Å². The van der Waals surface area contributed by atoms with Crippen LogP contribution in [0, 0.1) is 23.7 Å². The molecular formula is C22H31N3O2. The Labute approximate surface area is 161 Å². The quantitative estimate of drug-likeness (QED) is 0.846. The van der Waals surface area contributed by atoms with Gasteiger partial charge in [0.15, 0.2) is 0 Å². The first-order valence-corrected chi connectivity index (χ1v) is 10.5. The lowest BCUT2D eigenvalue weighted by atomic mass is 9.83. The van der Waals surface area contributed by atoms with Gasteiger partial charge in [0.05, 0.1) is 5.92 Å². The first-order chi connectivity index (χ1) is 13.1. The molecule has 0 spiro atoms. The van der Waals surface area contributed by atoms with Crippen LogP contribution in [0.3, 0.4) is 0 Å². The van der Waals surface area contributed by atoms with Crippen LogP contribution in [0.25, 0.3) is 0 Å². The van der Waals surface area contributed by atoms with Crippen molar-refractivity contribution in [3.05, 3.63) is 30.3 Å². The number of nitrogens with one attached hydrogen (secondary N) is 2. The second-order valence-electron chi connectivity index (χ2n) is 8.72. The number of benzene rings is 1. The molecule has 4 rings (SSSR count). The third kappa shape index (κ3) is 4.12. The maximum atomic E-state index is 12.8. The van der Waals surface area contributed by atoms with E-state index in [2.05, 4.69) is 17.6 Å². The van der Waals surface area contributed by atoms with Crippen molar-refractivity contribution in [1.82, 2.24) is 10.2 Å². The van der Waals surface area contributed by atoms with Crippen LogP contribution in [-0.2, 0) is 4.79 Å². The fourth-order valence-corrected chi connectivity index (χ4v) is 5.46. The molecule has 1 saturated heterocycles. The summed E-state index contributed by atoms with van der Waals surface area (Å²) >= 11 is 0. The van der Waals surface area contributed by atoms with E-state index in [0.717, 1.165) is 30.4 Å². The Morgan fingerprint density at radius 2 is 1.93 bits per heavy atom. The molecule has 0 aromatic heterocycles. The Kier molecular flexibility index (Phi) is 5.37. The number of anilines is 1. The summed E-state index contributed by atoms with van der Waals surface area (Å²) < 4.78 is 0. The number of urea groups is 1. The molecule has 3 aliphatic rings. The number of fused-ring (bicyclic) bond motifs is 2. The van der Waals surface area contributed by atoms with E-state index in [1.807, 2.05) is 30.3 Å². The van der Waals surface area contributed by atoms with Crippen LogP contribution in [0.2, 0.25) is 0 Å². The standard InChI is InChI=1S/C22H31N3O2/c1-15(20-13-16-9-10-17(20)12-16)23-21(26)18-6-5-11-25(14-18)22(27)24-19-7-3-2-4-8-19/h2-4,7-8,15-18,20H,5-6,9-14H2,1H3,(H,23,26)(H,24,27). The number of likely N-dealkylation sites (tertiary alicyclic amines) is 1. The minimum atomic E-state index is -0.111. The molecule has 2 saturated carbocycles. The second kappa shape index (κ2) is 7.91. The number of hydrogen-bond donors (Lipinski definition) is 2. The fourth-order valence-electron chi connectivity index (χ4n) is 5.46. The monoisotopic (exact) mass is 369 g/mol. The van der Waals surface area contributed by atoms with Crippen molar-refractivity contribution < 1.29 is 9.59 Å². The van der Waals surface area contributed by atoms with Gasteiger partial charge in [-0.2, -0.15) is 0 Å². The van der Waals surface area contributed by atoms with Crippen molar-refractivity contribution in [2.45, 2.75) is 51.5 Å². The Morgan fingerprint density at radius 3 is 2.63 bits per heavy atom. The molecule has 2 bridgehead atoms. The van der Waals surface area contributed by atoms with Crippen LogP contribution in [-0.4, -0.2) is 36.0 Å². The van der Waals surface area contributed by atoms with Gasteiger partial charge in [-0.05, 0) is 68.9 Å². The molecule has 146 valence electrons. The van der Waals surface area contributed by atoms with E-state index in [-0.39, 0.29) is 23.9 Å². The Morgan fingerprint density at radius 1 is 1.11 bits per heavy atom. The highest BCUT2D eigenvalue weighted by Gasteiger charge is 2.42. The molecule has 3 amide bonds. The third-order valence-corrected chi connectivity index (χ3v) is 6.91. The van der Waals surface area contributed by atoms with Crippen molar-refractivity contribution >= 4 is 17.6 Å². The summed E-state index contributed by atoms with van der Waals surface area (Å²) in [6.07, 6.45) is 7.11. The van der Waals surface area contributed by atoms with Crippen molar-refractivity contribution in [3.63, 3.8) is 0 Å². The van der Waals surface area contributed by atoms with Gasteiger partial charge in [0, 0.05) is 24.8 Å². The lowest BCUT2D eigenvalue weighted by molar-refractivity contribution is -0.127. The number of hydrogen-bond acceptors (Lipinski definition) is 2. The molecule has 1 aromatic carbocycles. The molecule has 3 fully saturated rings. The van der Waals surface area contributed by atoms with Crippen LogP contribution in [0.15, 0.2) is 30.3 Å². The van der Waals surface area contributed by atoms with Gasteiger partial charge in [-0.1, -0.05) is 24.6 Å². The highest BCUT2D eigenvalue weighted by atomic mass is 16.2. The number of piperidine rings is 1. The number of rotatable bonds is 4. The summed E-state index contributed by atoms with van der Waals surface area (Å²) in [4.78, 5) is 27.1. The summed E-state index contributed by atoms with van der Waals surface area (Å²) in [5.41, 5.74) is 0.791. The second-order valence-corrected chi connectivity index (χ2v) is 8.72. The van der Waals surface area contributed by atoms with Crippen molar-refractivity contribution in [1.29, 1.82) is 0 Å². The minimum absolute atomic E-state index is 0.0960. The predicted molar refractivity (Wildman–Crippen MR) is 106 cm³/mol. The Bertz CT molecular complexity index is 677. The Balaban J connectivity index is 1.29. The molecule has 5 nitrogen and oxygen atoms in total. The van der Waals surface area contributed by atoms with E-state index in [1.54, 1.807) is 4.90 Å². The summed E-state index contributed by atoms with van der Waals surface area (Å²) in [6.45, 7) is 3.39. The van der Waals surface area contributed by atoms with E-state index >= 15 is 0 Å². The molecule has 27 heavy (non-hydrogen) atoms. The number of amides is 3. The van der Waals surface area contributed by atoms with E-state index in [0.29, 0.717) is 19.0 Å². The molecule has 2 N–H and O–H groups in total. The smallest absolute Gasteiger partial charge is 0.321 e. The number of nitrogens with zero attached hydrogens (tertiary/aromatic N) is 1. The maximum absolute atomic E-state index is 12.8. The molecule has 5 unspecified atom stereocenters. The van der Waals surface area contributed by atoms with Crippen LogP contribution < -0.4 is 10.6 Å². The minimum Gasteiger partial charge on any atom is -0.353 e. The van der Waals surface area contributed by atoms with E-state index in [4.69, 9.17) is 0 Å². The van der Waals surface area contributed by atoms with Gasteiger partial charge < -0.3 is 15.5 Å². The Hall–Kier alpha value is -2.04. The number of carbonyl (C=O) groups is 2. The largest absolute Gasteiger partial charge is 0.353 e. The van der Waals surface area contributed by atoms with E-state index in [9.17, 15) is 9.59 Å². The summed E-state index contributed by atoms with van der Waals surface area (Å²) in [5.74, 6) is 2.38. The van der Waals surface area contributed by atoms with Crippen LogP contribution in [0.1, 0.15) is 45.4 Å². The molecule has 1 heterocycles. The van der Waals surface area contributed by atoms with Crippen LogP contribution in [0.4, 0.5) is 10.5 Å². The molecule has 0 radical (unpaired) electrons. The maximum Gasteiger partial charge on any atom is 0.321 e. The lowest BCUT2D eigenvalue weighted by Crippen LogP contribution is -2.49. The summed E-state index contributed by atoms with van der Waals surface area (Å²) in [7, 11) is 0. The normalized spacial score (nSPS) is 30.8. The summed E-state index contributed by atoms with van der Waals surface area (Å²) in [5, 5.41) is 6.22. The van der Waals surface area contributed by atoms with Crippen molar-refractivity contribution in [3.8, 4) is 0 Å². The molecule has 5 atom stereocenters.